The minimum Gasteiger partial charge on any atom is -0.493 e. The molecule has 0 unspecified atom stereocenters. The number of ether oxygens (including phenoxy) is 3. The molecule has 0 atom stereocenters. The monoisotopic (exact) mass is 395 g/mol. The summed E-state index contributed by atoms with van der Waals surface area (Å²) in [5.74, 6) is 1.77. The van der Waals surface area contributed by atoms with Gasteiger partial charge in [0.15, 0.2) is 18.1 Å². The molecule has 150 valence electrons. The van der Waals surface area contributed by atoms with E-state index in [1.165, 1.54) is 0 Å². The van der Waals surface area contributed by atoms with E-state index in [0.717, 1.165) is 11.1 Å². The summed E-state index contributed by atoms with van der Waals surface area (Å²) in [5, 5.41) is 4.05. The average Bonchev–Trinajstić information content (AvgIpc) is 3.29. The first kappa shape index (κ1) is 18.9. The lowest BCUT2D eigenvalue weighted by atomic mass is 10.2. The fraction of sp³-hybridized carbons (Fsp3) is 0.286. The second-order valence-electron chi connectivity index (χ2n) is 6.44. The highest BCUT2D eigenvalue weighted by Gasteiger charge is 2.19. The second kappa shape index (κ2) is 8.74. The molecule has 3 aromatic rings. The van der Waals surface area contributed by atoms with Gasteiger partial charge in [0, 0.05) is 24.2 Å². The zero-order valence-corrected chi connectivity index (χ0v) is 16.0. The molecule has 29 heavy (non-hydrogen) atoms. The third-order valence-electron chi connectivity index (χ3n) is 4.58. The Morgan fingerprint density at radius 1 is 1.07 bits per heavy atom. The molecular weight excluding hydrogens is 374 g/mol. The van der Waals surface area contributed by atoms with Crippen molar-refractivity contribution in [1.29, 1.82) is 0 Å². The van der Waals surface area contributed by atoms with E-state index < -0.39 is 0 Å². The van der Waals surface area contributed by atoms with Crippen molar-refractivity contribution in [1.82, 2.24) is 15.0 Å². The fourth-order valence-corrected chi connectivity index (χ4v) is 3.01. The van der Waals surface area contributed by atoms with Crippen LogP contribution in [0.3, 0.4) is 0 Å². The summed E-state index contributed by atoms with van der Waals surface area (Å²) in [6, 6.07) is 14.8. The highest BCUT2D eigenvalue weighted by atomic mass is 16.5. The molecule has 2 heterocycles. The highest BCUT2D eigenvalue weighted by molar-refractivity contribution is 5.78. The molecule has 0 spiro atoms. The molecule has 1 saturated heterocycles. The van der Waals surface area contributed by atoms with E-state index in [0.29, 0.717) is 49.5 Å². The number of nitrogens with zero attached hydrogens (tertiary/aromatic N) is 3. The third kappa shape index (κ3) is 4.38. The van der Waals surface area contributed by atoms with E-state index in [4.69, 9.17) is 18.7 Å². The Morgan fingerprint density at radius 2 is 1.86 bits per heavy atom. The number of hydrogen-bond acceptors (Lipinski definition) is 7. The standard InChI is InChI=1S/C21H21N3O5/c1-26-18-13-16(20-22-21(29-23-20)15-5-3-2-4-6-15)7-8-17(18)28-14-19(25)24-9-11-27-12-10-24/h2-8,13H,9-12,14H2,1H3. The van der Waals surface area contributed by atoms with E-state index in [9.17, 15) is 4.79 Å². The second-order valence-corrected chi connectivity index (χ2v) is 6.44. The summed E-state index contributed by atoms with van der Waals surface area (Å²) in [6.07, 6.45) is 0. The Labute approximate surface area is 168 Å². The van der Waals surface area contributed by atoms with Crippen LogP contribution >= 0.6 is 0 Å². The maximum Gasteiger partial charge on any atom is 0.260 e. The van der Waals surface area contributed by atoms with E-state index in [1.54, 1.807) is 30.2 Å². The summed E-state index contributed by atoms with van der Waals surface area (Å²) >= 11 is 0. The number of benzene rings is 2. The van der Waals surface area contributed by atoms with Crippen LogP contribution < -0.4 is 9.47 Å². The summed E-state index contributed by atoms with van der Waals surface area (Å²) < 4.78 is 21.7. The Balaban J connectivity index is 1.47. The lowest BCUT2D eigenvalue weighted by Crippen LogP contribution is -2.43. The molecule has 8 heteroatoms. The van der Waals surface area contributed by atoms with E-state index in [1.807, 2.05) is 30.3 Å². The number of carbonyl (C=O) groups is 1. The molecule has 0 bridgehead atoms. The van der Waals surface area contributed by atoms with E-state index in [2.05, 4.69) is 10.1 Å². The molecule has 1 fully saturated rings. The first-order chi connectivity index (χ1) is 14.2. The number of aromatic nitrogens is 2. The molecule has 8 nitrogen and oxygen atoms in total. The van der Waals surface area contributed by atoms with Gasteiger partial charge in [-0.1, -0.05) is 23.4 Å². The van der Waals surface area contributed by atoms with Crippen molar-refractivity contribution >= 4 is 5.91 Å². The Morgan fingerprint density at radius 3 is 2.62 bits per heavy atom. The third-order valence-corrected chi connectivity index (χ3v) is 4.58. The topological polar surface area (TPSA) is 86.9 Å². The van der Waals surface area contributed by atoms with Gasteiger partial charge in [-0.2, -0.15) is 4.98 Å². The molecule has 1 amide bonds. The van der Waals surface area contributed by atoms with Crippen LogP contribution in [0.2, 0.25) is 0 Å². The van der Waals surface area contributed by atoms with Crippen LogP contribution in [-0.2, 0) is 9.53 Å². The number of morpholine rings is 1. The van der Waals surface area contributed by atoms with E-state index in [-0.39, 0.29) is 12.5 Å². The van der Waals surface area contributed by atoms with Crippen LogP contribution in [0.1, 0.15) is 0 Å². The van der Waals surface area contributed by atoms with Gasteiger partial charge in [-0.15, -0.1) is 0 Å². The number of rotatable bonds is 6. The molecule has 1 aliphatic rings. The number of amides is 1. The average molecular weight is 395 g/mol. The van der Waals surface area contributed by atoms with Crippen molar-refractivity contribution in [3.63, 3.8) is 0 Å². The largest absolute Gasteiger partial charge is 0.493 e. The predicted octanol–water partition coefficient (Wildman–Crippen LogP) is 2.65. The van der Waals surface area contributed by atoms with Gasteiger partial charge >= 0.3 is 0 Å². The van der Waals surface area contributed by atoms with Crippen LogP contribution in [-0.4, -0.2) is 61.0 Å². The van der Waals surface area contributed by atoms with Gasteiger partial charge in [0.1, 0.15) is 0 Å². The molecule has 0 aliphatic carbocycles. The Kier molecular flexibility index (Phi) is 5.71. The maximum atomic E-state index is 12.3. The number of hydrogen-bond donors (Lipinski definition) is 0. The van der Waals surface area contributed by atoms with Gasteiger partial charge in [0.25, 0.3) is 11.8 Å². The molecule has 1 aliphatic heterocycles. The summed E-state index contributed by atoms with van der Waals surface area (Å²) in [4.78, 5) is 18.4. The molecule has 4 rings (SSSR count). The fourth-order valence-electron chi connectivity index (χ4n) is 3.01. The van der Waals surface area contributed by atoms with Crippen molar-refractivity contribution in [2.24, 2.45) is 0 Å². The van der Waals surface area contributed by atoms with Crippen LogP contribution in [0.4, 0.5) is 0 Å². The molecule has 0 N–H and O–H groups in total. The molecule has 0 saturated carbocycles. The molecule has 1 aromatic heterocycles. The normalized spacial score (nSPS) is 13.9. The van der Waals surface area contributed by atoms with Crippen molar-refractivity contribution in [3.05, 3.63) is 48.5 Å². The van der Waals surface area contributed by atoms with Crippen LogP contribution in [0.25, 0.3) is 22.8 Å². The lowest BCUT2D eigenvalue weighted by Gasteiger charge is -2.26. The van der Waals surface area contributed by atoms with Gasteiger partial charge in [-0.25, -0.2) is 0 Å². The first-order valence-corrected chi connectivity index (χ1v) is 9.30. The first-order valence-electron chi connectivity index (χ1n) is 9.30. The quantitative estimate of drug-likeness (QED) is 0.634. The van der Waals surface area contributed by atoms with E-state index >= 15 is 0 Å². The zero-order chi connectivity index (χ0) is 20.1. The maximum absolute atomic E-state index is 12.3. The van der Waals surface area contributed by atoms with Crippen molar-refractivity contribution in [2.75, 3.05) is 40.0 Å². The predicted molar refractivity (Wildman–Crippen MR) is 105 cm³/mol. The molecular formula is C21H21N3O5. The van der Waals surface area contributed by atoms with Gasteiger partial charge in [-0.3, -0.25) is 4.79 Å². The van der Waals surface area contributed by atoms with Gasteiger partial charge < -0.3 is 23.6 Å². The van der Waals surface area contributed by atoms with Gasteiger partial charge in [0.2, 0.25) is 5.82 Å². The molecule has 2 aromatic carbocycles. The summed E-state index contributed by atoms with van der Waals surface area (Å²) in [6.45, 7) is 2.22. The highest BCUT2D eigenvalue weighted by Crippen LogP contribution is 2.32. The smallest absolute Gasteiger partial charge is 0.260 e. The Hall–Kier alpha value is -3.39. The molecule has 0 radical (unpaired) electrons. The van der Waals surface area contributed by atoms with Crippen LogP contribution in [0, 0.1) is 0 Å². The van der Waals surface area contributed by atoms with Crippen molar-refractivity contribution < 1.29 is 23.5 Å². The lowest BCUT2D eigenvalue weighted by molar-refractivity contribution is -0.137. The number of carbonyl (C=O) groups excluding carboxylic acids is 1. The summed E-state index contributed by atoms with van der Waals surface area (Å²) in [7, 11) is 1.54. The van der Waals surface area contributed by atoms with Crippen LogP contribution in [0.5, 0.6) is 11.5 Å². The SMILES string of the molecule is COc1cc(-c2noc(-c3ccccc3)n2)ccc1OCC(=O)N1CCOCC1. The van der Waals surface area contributed by atoms with Crippen molar-refractivity contribution in [2.45, 2.75) is 0 Å². The minimum atomic E-state index is -0.0786. The number of methoxy groups -OCH3 is 1. The van der Waals surface area contributed by atoms with Gasteiger partial charge in [-0.05, 0) is 30.3 Å². The zero-order valence-electron chi connectivity index (χ0n) is 16.0. The van der Waals surface area contributed by atoms with Crippen LogP contribution in [0.15, 0.2) is 53.1 Å². The minimum absolute atomic E-state index is 0.0595. The summed E-state index contributed by atoms with van der Waals surface area (Å²) in [5.41, 5.74) is 1.57. The van der Waals surface area contributed by atoms with Crippen molar-refractivity contribution in [3.8, 4) is 34.3 Å². The Bertz CT molecular complexity index is 967. The van der Waals surface area contributed by atoms with Gasteiger partial charge in [0.05, 0.1) is 20.3 Å².